The fourth-order valence-electron chi connectivity index (χ4n) is 2.41. The maximum absolute atomic E-state index is 12.7. The fraction of sp³-hybridized carbons (Fsp3) is 0.692. The second kappa shape index (κ2) is 5.61. The van der Waals surface area contributed by atoms with Crippen LogP contribution in [0.1, 0.15) is 33.0 Å². The molecule has 1 aromatic rings. The SMILES string of the molecule is CCOC1CC(Nc2cc(Cl)nc(C(F)(F)F)n2)C1(C)C. The minimum Gasteiger partial charge on any atom is -0.378 e. The molecule has 1 N–H and O–H groups in total. The van der Waals surface area contributed by atoms with Gasteiger partial charge < -0.3 is 10.1 Å². The molecule has 1 saturated carbocycles. The number of rotatable bonds is 4. The van der Waals surface area contributed by atoms with Gasteiger partial charge in [0.15, 0.2) is 0 Å². The van der Waals surface area contributed by atoms with Gasteiger partial charge in [-0.05, 0) is 13.3 Å². The van der Waals surface area contributed by atoms with Gasteiger partial charge in [-0.25, -0.2) is 9.97 Å². The molecule has 118 valence electrons. The zero-order valence-corrected chi connectivity index (χ0v) is 12.7. The highest BCUT2D eigenvalue weighted by molar-refractivity contribution is 6.29. The summed E-state index contributed by atoms with van der Waals surface area (Å²) in [5.41, 5.74) is -0.189. The Kier molecular flexibility index (Phi) is 4.35. The number of alkyl halides is 3. The molecule has 0 bridgehead atoms. The van der Waals surface area contributed by atoms with Crippen molar-refractivity contribution in [3.05, 3.63) is 17.0 Å². The van der Waals surface area contributed by atoms with Gasteiger partial charge in [0.1, 0.15) is 11.0 Å². The number of halogens is 4. The lowest BCUT2D eigenvalue weighted by Crippen LogP contribution is -2.58. The summed E-state index contributed by atoms with van der Waals surface area (Å²) in [6.07, 6.45) is -3.83. The Balaban J connectivity index is 2.13. The van der Waals surface area contributed by atoms with E-state index in [0.717, 1.165) is 0 Å². The van der Waals surface area contributed by atoms with Crippen LogP contribution in [0, 0.1) is 5.41 Å². The normalized spacial score (nSPS) is 24.5. The third kappa shape index (κ3) is 3.40. The average Bonchev–Trinajstić information content (AvgIpc) is 2.36. The highest BCUT2D eigenvalue weighted by Gasteiger charge is 2.49. The smallest absolute Gasteiger partial charge is 0.378 e. The molecule has 1 aromatic heterocycles. The van der Waals surface area contributed by atoms with Crippen molar-refractivity contribution in [1.82, 2.24) is 9.97 Å². The number of hydrogen-bond acceptors (Lipinski definition) is 4. The lowest BCUT2D eigenvalue weighted by Gasteiger charge is -2.51. The van der Waals surface area contributed by atoms with Crippen molar-refractivity contribution < 1.29 is 17.9 Å². The van der Waals surface area contributed by atoms with E-state index in [1.54, 1.807) is 0 Å². The molecule has 21 heavy (non-hydrogen) atoms. The second-order valence-electron chi connectivity index (χ2n) is 5.60. The molecule has 0 radical (unpaired) electrons. The van der Waals surface area contributed by atoms with Gasteiger partial charge in [-0.3, -0.25) is 0 Å². The van der Waals surface area contributed by atoms with E-state index < -0.39 is 12.0 Å². The van der Waals surface area contributed by atoms with Crippen molar-refractivity contribution in [2.75, 3.05) is 11.9 Å². The average molecular weight is 324 g/mol. The van der Waals surface area contributed by atoms with E-state index in [9.17, 15) is 13.2 Å². The van der Waals surface area contributed by atoms with E-state index in [-0.39, 0.29) is 28.5 Å². The maximum Gasteiger partial charge on any atom is 0.451 e. The van der Waals surface area contributed by atoms with E-state index in [0.29, 0.717) is 13.0 Å². The molecule has 0 aromatic carbocycles. The van der Waals surface area contributed by atoms with Crippen LogP contribution in [-0.2, 0) is 10.9 Å². The summed E-state index contributed by atoms with van der Waals surface area (Å²) in [6, 6.07) is 1.27. The van der Waals surface area contributed by atoms with Crippen molar-refractivity contribution in [2.45, 2.75) is 45.5 Å². The Bertz CT molecular complexity index is 522. The number of nitrogens with zero attached hydrogens (tertiary/aromatic N) is 2. The first-order valence-electron chi connectivity index (χ1n) is 6.64. The first-order valence-corrected chi connectivity index (χ1v) is 7.02. The summed E-state index contributed by atoms with van der Waals surface area (Å²) in [7, 11) is 0. The van der Waals surface area contributed by atoms with Gasteiger partial charge in [-0.15, -0.1) is 0 Å². The van der Waals surface area contributed by atoms with Crippen molar-refractivity contribution in [3.63, 3.8) is 0 Å². The van der Waals surface area contributed by atoms with E-state index in [1.807, 2.05) is 20.8 Å². The number of ether oxygens (including phenoxy) is 1. The zero-order valence-electron chi connectivity index (χ0n) is 12.0. The maximum atomic E-state index is 12.7. The Hall–Kier alpha value is -1.08. The van der Waals surface area contributed by atoms with E-state index in [2.05, 4.69) is 15.3 Å². The Morgan fingerprint density at radius 3 is 2.62 bits per heavy atom. The van der Waals surface area contributed by atoms with Crippen LogP contribution in [0.2, 0.25) is 5.15 Å². The summed E-state index contributed by atoms with van der Waals surface area (Å²) >= 11 is 5.63. The minimum absolute atomic E-state index is 0.0268. The molecular formula is C13H17ClF3N3O. The van der Waals surface area contributed by atoms with Crippen LogP contribution in [0.5, 0.6) is 0 Å². The molecule has 4 nitrogen and oxygen atoms in total. The van der Waals surface area contributed by atoms with Crippen LogP contribution >= 0.6 is 11.6 Å². The molecule has 0 aliphatic heterocycles. The molecule has 0 saturated heterocycles. The quantitative estimate of drug-likeness (QED) is 0.857. The molecule has 0 spiro atoms. The Morgan fingerprint density at radius 2 is 2.10 bits per heavy atom. The van der Waals surface area contributed by atoms with Crippen LogP contribution < -0.4 is 5.32 Å². The summed E-state index contributed by atoms with van der Waals surface area (Å²) in [5, 5.41) is 2.76. The molecule has 1 aliphatic carbocycles. The van der Waals surface area contributed by atoms with Gasteiger partial charge in [-0.2, -0.15) is 13.2 Å². The van der Waals surface area contributed by atoms with Gasteiger partial charge in [0, 0.05) is 24.1 Å². The summed E-state index contributed by atoms with van der Waals surface area (Å²) in [6.45, 7) is 6.53. The van der Waals surface area contributed by atoms with Crippen molar-refractivity contribution >= 4 is 17.4 Å². The number of anilines is 1. The zero-order chi connectivity index (χ0) is 15.8. The molecular weight excluding hydrogens is 307 g/mol. The molecule has 2 unspecified atom stereocenters. The van der Waals surface area contributed by atoms with Gasteiger partial charge in [0.05, 0.1) is 6.10 Å². The second-order valence-corrected chi connectivity index (χ2v) is 5.98. The Labute approximate surface area is 126 Å². The predicted octanol–water partition coefficient (Wildman–Crippen LogP) is 3.76. The first kappa shape index (κ1) is 16.3. The molecule has 0 amide bonds. The highest BCUT2D eigenvalue weighted by Crippen LogP contribution is 2.44. The van der Waals surface area contributed by atoms with Crippen LogP contribution in [-0.4, -0.2) is 28.7 Å². The van der Waals surface area contributed by atoms with Gasteiger partial charge >= 0.3 is 6.18 Å². The van der Waals surface area contributed by atoms with Crippen molar-refractivity contribution in [3.8, 4) is 0 Å². The van der Waals surface area contributed by atoms with Crippen LogP contribution in [0.4, 0.5) is 19.0 Å². The minimum atomic E-state index is -4.62. The van der Waals surface area contributed by atoms with Crippen LogP contribution in [0.15, 0.2) is 6.07 Å². The van der Waals surface area contributed by atoms with E-state index >= 15 is 0 Å². The highest BCUT2D eigenvalue weighted by atomic mass is 35.5. The number of hydrogen-bond donors (Lipinski definition) is 1. The van der Waals surface area contributed by atoms with Crippen LogP contribution in [0.3, 0.4) is 0 Å². The number of aromatic nitrogens is 2. The summed E-state index contributed by atoms with van der Waals surface area (Å²) < 4.78 is 43.6. The lowest BCUT2D eigenvalue weighted by molar-refractivity contribution is -0.144. The monoisotopic (exact) mass is 323 g/mol. The van der Waals surface area contributed by atoms with E-state index in [4.69, 9.17) is 16.3 Å². The molecule has 1 aliphatic rings. The van der Waals surface area contributed by atoms with Gasteiger partial charge in [0.25, 0.3) is 0 Å². The molecule has 2 atom stereocenters. The molecule has 8 heteroatoms. The topological polar surface area (TPSA) is 47.0 Å². The summed E-state index contributed by atoms with van der Waals surface area (Å²) in [4.78, 5) is 6.69. The number of nitrogens with one attached hydrogen (secondary N) is 1. The molecule has 1 heterocycles. The largest absolute Gasteiger partial charge is 0.451 e. The summed E-state index contributed by atoms with van der Waals surface area (Å²) in [5.74, 6) is -1.16. The molecule has 2 rings (SSSR count). The third-order valence-corrected chi connectivity index (χ3v) is 4.01. The standard InChI is InChI=1S/C13H17ClF3N3O/c1-4-21-8-5-7(12(8,2)3)18-10-6-9(14)19-11(20-10)13(15,16)17/h6-8H,4-5H2,1-3H3,(H,18,19,20). The van der Waals surface area contributed by atoms with Crippen molar-refractivity contribution in [1.29, 1.82) is 0 Å². The predicted molar refractivity (Wildman–Crippen MR) is 73.3 cm³/mol. The lowest BCUT2D eigenvalue weighted by atomic mass is 9.64. The first-order chi connectivity index (χ1) is 9.64. The fourth-order valence-corrected chi connectivity index (χ4v) is 2.59. The Morgan fingerprint density at radius 1 is 1.43 bits per heavy atom. The van der Waals surface area contributed by atoms with Crippen LogP contribution in [0.25, 0.3) is 0 Å². The van der Waals surface area contributed by atoms with Gasteiger partial charge in [-0.1, -0.05) is 25.4 Å². The van der Waals surface area contributed by atoms with E-state index in [1.165, 1.54) is 6.07 Å². The molecule has 1 fully saturated rings. The third-order valence-electron chi connectivity index (χ3n) is 3.82. The van der Waals surface area contributed by atoms with Gasteiger partial charge in [0.2, 0.25) is 5.82 Å². The van der Waals surface area contributed by atoms with Crippen molar-refractivity contribution in [2.24, 2.45) is 5.41 Å².